The molecule has 0 aliphatic rings. The predicted molar refractivity (Wildman–Crippen MR) is 85.8 cm³/mol. The molecule has 0 saturated carbocycles. The predicted octanol–water partition coefficient (Wildman–Crippen LogP) is 5.62. The van der Waals surface area contributed by atoms with Gasteiger partial charge in [-0.05, 0) is 6.42 Å². The van der Waals surface area contributed by atoms with E-state index in [1.54, 1.807) is 0 Å². The van der Waals surface area contributed by atoms with Crippen molar-refractivity contribution in [3.05, 3.63) is 0 Å². The van der Waals surface area contributed by atoms with E-state index in [-0.39, 0.29) is 10.8 Å². The molecule has 0 heterocycles. The highest BCUT2D eigenvalue weighted by Crippen LogP contribution is 2.15. The maximum atomic E-state index is 11.2. The molecule has 0 N–H and O–H groups in total. The molecule has 0 spiro atoms. The highest BCUT2D eigenvalue weighted by Gasteiger charge is 2.13. The van der Waals surface area contributed by atoms with Crippen LogP contribution in [0.1, 0.15) is 84.0 Å². The van der Waals surface area contributed by atoms with Crippen LogP contribution < -0.4 is 0 Å². The van der Waals surface area contributed by atoms with Gasteiger partial charge in [-0.2, -0.15) is 0 Å². The van der Waals surface area contributed by atoms with Crippen LogP contribution >= 0.6 is 15.9 Å². The van der Waals surface area contributed by atoms with Gasteiger partial charge in [-0.3, -0.25) is 4.79 Å². The van der Waals surface area contributed by atoms with Crippen LogP contribution in [0, 0.1) is 0 Å². The third-order valence-corrected chi connectivity index (χ3v) is 4.35. The molecule has 0 amide bonds. The molecule has 0 saturated heterocycles. The maximum Gasteiger partial charge on any atom is 0.319 e. The number of carbonyl (C=O) groups excluding carboxylic acids is 1. The molecular weight excluding hydrogens is 304 g/mol. The Bertz CT molecular complexity index is 207. The van der Waals surface area contributed by atoms with E-state index in [0.717, 1.165) is 12.8 Å². The van der Waals surface area contributed by atoms with Gasteiger partial charge in [0.05, 0.1) is 7.11 Å². The molecule has 1 atom stereocenters. The summed E-state index contributed by atoms with van der Waals surface area (Å²) in [4.78, 5) is 11.0. The van der Waals surface area contributed by atoms with E-state index in [2.05, 4.69) is 27.6 Å². The Morgan fingerprint density at radius 3 is 1.74 bits per heavy atom. The van der Waals surface area contributed by atoms with Crippen molar-refractivity contribution in [3.8, 4) is 0 Å². The van der Waals surface area contributed by atoms with Crippen molar-refractivity contribution in [2.24, 2.45) is 0 Å². The number of unbranched alkanes of at least 4 members (excludes halogenated alkanes) is 10. The second-order valence-corrected chi connectivity index (χ2v) is 6.42. The fourth-order valence-electron chi connectivity index (χ4n) is 2.23. The Labute approximate surface area is 127 Å². The summed E-state index contributed by atoms with van der Waals surface area (Å²) < 4.78 is 4.68. The summed E-state index contributed by atoms with van der Waals surface area (Å²) in [5.74, 6) is -0.146. The number of ether oxygens (including phenoxy) is 1. The standard InChI is InChI=1S/C16H31BrO2/c1-3-4-5-6-7-8-9-10-11-12-13-14-15(17)16(18)19-2/h15H,3-14H2,1-2H3. The normalized spacial score (nSPS) is 12.4. The quantitative estimate of drug-likeness (QED) is 0.248. The Morgan fingerprint density at radius 2 is 1.32 bits per heavy atom. The van der Waals surface area contributed by atoms with Gasteiger partial charge in [0.25, 0.3) is 0 Å². The molecule has 114 valence electrons. The molecule has 0 aromatic heterocycles. The zero-order chi connectivity index (χ0) is 14.3. The largest absolute Gasteiger partial charge is 0.468 e. The van der Waals surface area contributed by atoms with Gasteiger partial charge in [-0.15, -0.1) is 0 Å². The molecule has 0 rings (SSSR count). The van der Waals surface area contributed by atoms with Crippen molar-refractivity contribution in [2.45, 2.75) is 88.8 Å². The SMILES string of the molecule is CCCCCCCCCCCCCC(Br)C(=O)OC. The Hall–Kier alpha value is -0.0500. The van der Waals surface area contributed by atoms with Crippen molar-refractivity contribution < 1.29 is 9.53 Å². The molecule has 1 unspecified atom stereocenters. The topological polar surface area (TPSA) is 26.3 Å². The number of esters is 1. The lowest BCUT2D eigenvalue weighted by Gasteiger charge is -2.07. The summed E-state index contributed by atoms with van der Waals surface area (Å²) in [6.45, 7) is 2.26. The number of rotatable bonds is 13. The average molecular weight is 335 g/mol. The van der Waals surface area contributed by atoms with Crippen LogP contribution in [0.2, 0.25) is 0 Å². The zero-order valence-corrected chi connectivity index (χ0v) is 14.3. The third-order valence-electron chi connectivity index (χ3n) is 3.52. The third kappa shape index (κ3) is 12.7. The van der Waals surface area contributed by atoms with Crippen LogP contribution in [-0.4, -0.2) is 17.9 Å². The number of methoxy groups -OCH3 is 1. The first kappa shape index (κ1) is 18.9. The maximum absolute atomic E-state index is 11.2. The fourth-order valence-corrected chi connectivity index (χ4v) is 2.74. The molecule has 0 aliphatic heterocycles. The Kier molecular flexibility index (Phi) is 14.3. The van der Waals surface area contributed by atoms with Crippen molar-refractivity contribution >= 4 is 21.9 Å². The van der Waals surface area contributed by atoms with Crippen molar-refractivity contribution in [1.82, 2.24) is 0 Å². The van der Waals surface area contributed by atoms with Crippen molar-refractivity contribution in [2.75, 3.05) is 7.11 Å². The first-order chi connectivity index (χ1) is 9.22. The van der Waals surface area contributed by atoms with E-state index in [1.807, 2.05) is 0 Å². The zero-order valence-electron chi connectivity index (χ0n) is 12.8. The molecule has 2 nitrogen and oxygen atoms in total. The molecule has 0 bridgehead atoms. The molecule has 0 fully saturated rings. The van der Waals surface area contributed by atoms with E-state index in [0.29, 0.717) is 0 Å². The van der Waals surface area contributed by atoms with E-state index < -0.39 is 0 Å². The first-order valence-corrected chi connectivity index (χ1v) is 8.85. The highest BCUT2D eigenvalue weighted by atomic mass is 79.9. The van der Waals surface area contributed by atoms with Crippen molar-refractivity contribution in [3.63, 3.8) is 0 Å². The van der Waals surface area contributed by atoms with Gasteiger partial charge in [0, 0.05) is 0 Å². The smallest absolute Gasteiger partial charge is 0.319 e. The molecular formula is C16H31BrO2. The van der Waals surface area contributed by atoms with Crippen LogP contribution in [0.3, 0.4) is 0 Å². The van der Waals surface area contributed by atoms with Gasteiger partial charge >= 0.3 is 5.97 Å². The fraction of sp³-hybridized carbons (Fsp3) is 0.938. The summed E-state index contributed by atoms with van der Waals surface area (Å²) in [6, 6.07) is 0. The van der Waals surface area contributed by atoms with Crippen LogP contribution in [-0.2, 0) is 9.53 Å². The molecule has 0 aromatic rings. The minimum atomic E-state index is -0.146. The van der Waals surface area contributed by atoms with Gasteiger partial charge in [0.15, 0.2) is 0 Å². The molecule has 0 radical (unpaired) electrons. The van der Waals surface area contributed by atoms with Gasteiger partial charge in [0.2, 0.25) is 0 Å². The summed E-state index contributed by atoms with van der Waals surface area (Å²) >= 11 is 3.35. The molecule has 19 heavy (non-hydrogen) atoms. The van der Waals surface area contributed by atoms with Crippen LogP contribution in [0.4, 0.5) is 0 Å². The monoisotopic (exact) mass is 334 g/mol. The molecule has 3 heteroatoms. The van der Waals surface area contributed by atoms with Crippen LogP contribution in [0.15, 0.2) is 0 Å². The lowest BCUT2D eigenvalue weighted by molar-refractivity contribution is -0.139. The number of hydrogen-bond donors (Lipinski definition) is 0. The summed E-state index contributed by atoms with van der Waals surface area (Å²) in [6.07, 6.45) is 15.6. The van der Waals surface area contributed by atoms with E-state index in [1.165, 1.54) is 71.3 Å². The average Bonchev–Trinajstić information content (AvgIpc) is 2.43. The van der Waals surface area contributed by atoms with E-state index in [9.17, 15) is 4.79 Å². The van der Waals surface area contributed by atoms with E-state index in [4.69, 9.17) is 0 Å². The van der Waals surface area contributed by atoms with Gasteiger partial charge in [-0.1, -0.05) is 93.5 Å². The first-order valence-electron chi connectivity index (χ1n) is 7.94. The molecule has 0 aliphatic carbocycles. The van der Waals surface area contributed by atoms with Crippen LogP contribution in [0.5, 0.6) is 0 Å². The summed E-state index contributed by atoms with van der Waals surface area (Å²) in [7, 11) is 1.44. The number of alkyl halides is 1. The second-order valence-electron chi connectivity index (χ2n) is 5.31. The lowest BCUT2D eigenvalue weighted by atomic mass is 10.0. The summed E-state index contributed by atoms with van der Waals surface area (Å²) in [5, 5.41) is 0. The number of hydrogen-bond acceptors (Lipinski definition) is 2. The number of carbonyl (C=O) groups is 1. The number of halogens is 1. The Balaban J connectivity index is 3.12. The van der Waals surface area contributed by atoms with E-state index >= 15 is 0 Å². The van der Waals surface area contributed by atoms with Gasteiger partial charge in [0.1, 0.15) is 4.83 Å². The lowest BCUT2D eigenvalue weighted by Crippen LogP contribution is -2.15. The summed E-state index contributed by atoms with van der Waals surface area (Å²) in [5.41, 5.74) is 0. The second kappa shape index (κ2) is 14.4. The minimum absolute atomic E-state index is 0.115. The van der Waals surface area contributed by atoms with Crippen LogP contribution in [0.25, 0.3) is 0 Å². The van der Waals surface area contributed by atoms with Gasteiger partial charge < -0.3 is 4.74 Å². The molecule has 0 aromatic carbocycles. The van der Waals surface area contributed by atoms with Crippen molar-refractivity contribution in [1.29, 1.82) is 0 Å². The van der Waals surface area contributed by atoms with Gasteiger partial charge in [-0.25, -0.2) is 0 Å². The Morgan fingerprint density at radius 1 is 0.895 bits per heavy atom. The minimum Gasteiger partial charge on any atom is -0.468 e. The highest BCUT2D eigenvalue weighted by molar-refractivity contribution is 9.10.